The highest BCUT2D eigenvalue weighted by molar-refractivity contribution is 7.18. The maximum atomic E-state index is 12.9. The molecule has 2 aliphatic rings. The molecule has 0 N–H and O–H groups in total. The zero-order valence-corrected chi connectivity index (χ0v) is 14.7. The second kappa shape index (κ2) is 6.37. The standard InChI is InChI=1S/C19H10ClF3N2S/c20-14-6-4-11(5-7-14)17-15-9-25-18(26-16(15)10-24-17)12-2-1-3-13(8-12)19(21,22)23/h1-10H. The number of rotatable bonds is 2. The summed E-state index contributed by atoms with van der Waals surface area (Å²) in [6, 6.07) is 12.5. The molecule has 0 aliphatic carbocycles. The molecule has 7 heteroatoms. The summed E-state index contributed by atoms with van der Waals surface area (Å²) in [6.07, 6.45) is -1.02. The third-order valence-corrected chi connectivity index (χ3v) is 5.24. The van der Waals surface area contributed by atoms with Crippen molar-refractivity contribution in [3.05, 3.63) is 71.5 Å². The zero-order valence-electron chi connectivity index (χ0n) is 13.1. The van der Waals surface area contributed by atoms with E-state index in [-0.39, 0.29) is 0 Å². The Kier molecular flexibility index (Phi) is 4.17. The molecule has 0 saturated heterocycles. The van der Waals surface area contributed by atoms with Crippen molar-refractivity contribution in [3.8, 4) is 32.3 Å². The summed E-state index contributed by atoms with van der Waals surface area (Å²) in [6.45, 7) is 0. The zero-order chi connectivity index (χ0) is 18.3. The van der Waals surface area contributed by atoms with Gasteiger partial charge in [-0.25, -0.2) is 4.98 Å². The molecule has 0 aromatic heterocycles. The molecule has 0 bridgehead atoms. The van der Waals surface area contributed by atoms with Gasteiger partial charge in [0.1, 0.15) is 5.01 Å². The van der Waals surface area contributed by atoms with Crippen LogP contribution in [-0.2, 0) is 6.18 Å². The molecule has 0 atom stereocenters. The van der Waals surface area contributed by atoms with Gasteiger partial charge < -0.3 is 0 Å². The predicted octanol–water partition coefficient (Wildman–Crippen LogP) is 6.65. The number of halogens is 4. The lowest BCUT2D eigenvalue weighted by molar-refractivity contribution is -0.137. The maximum absolute atomic E-state index is 12.9. The molecule has 0 amide bonds. The first-order valence-electron chi connectivity index (χ1n) is 7.60. The summed E-state index contributed by atoms with van der Waals surface area (Å²) in [7, 11) is 0. The van der Waals surface area contributed by atoms with Crippen LogP contribution in [0.4, 0.5) is 13.2 Å². The van der Waals surface area contributed by atoms with Crippen LogP contribution in [0.25, 0.3) is 32.3 Å². The lowest BCUT2D eigenvalue weighted by atomic mass is 10.1. The molecule has 0 spiro atoms. The second-order valence-corrected chi connectivity index (χ2v) is 7.10. The Balaban J connectivity index is 1.76. The summed E-state index contributed by atoms with van der Waals surface area (Å²) in [5.74, 6) is 0. The second-order valence-electron chi connectivity index (χ2n) is 5.64. The number of hydrogen-bond acceptors (Lipinski definition) is 3. The van der Waals surface area contributed by atoms with Gasteiger partial charge in [0.15, 0.2) is 0 Å². The maximum Gasteiger partial charge on any atom is 0.416 e. The van der Waals surface area contributed by atoms with E-state index in [2.05, 4.69) is 9.97 Å². The fourth-order valence-electron chi connectivity index (χ4n) is 2.64. The fraction of sp³-hybridized carbons (Fsp3) is 0.0526. The van der Waals surface area contributed by atoms with E-state index in [4.69, 9.17) is 11.6 Å². The van der Waals surface area contributed by atoms with E-state index in [1.807, 2.05) is 12.1 Å². The quantitative estimate of drug-likeness (QED) is 0.383. The van der Waals surface area contributed by atoms with Crippen molar-refractivity contribution in [2.45, 2.75) is 6.18 Å². The summed E-state index contributed by atoms with van der Waals surface area (Å²) in [5, 5.41) is 1.15. The van der Waals surface area contributed by atoms with Crippen molar-refractivity contribution in [2.24, 2.45) is 0 Å². The Labute approximate surface area is 156 Å². The number of benzene rings is 2. The van der Waals surface area contributed by atoms with E-state index in [0.717, 1.165) is 33.8 Å². The molecule has 0 fully saturated rings. The highest BCUT2D eigenvalue weighted by Crippen LogP contribution is 2.39. The van der Waals surface area contributed by atoms with Crippen LogP contribution in [0.5, 0.6) is 0 Å². The monoisotopic (exact) mass is 390 g/mol. The van der Waals surface area contributed by atoms with Gasteiger partial charge in [0.2, 0.25) is 0 Å². The van der Waals surface area contributed by atoms with Crippen LogP contribution in [0.1, 0.15) is 5.56 Å². The van der Waals surface area contributed by atoms with Gasteiger partial charge in [-0.1, -0.05) is 35.9 Å². The van der Waals surface area contributed by atoms with Crippen molar-refractivity contribution < 1.29 is 13.2 Å². The summed E-state index contributed by atoms with van der Waals surface area (Å²) >= 11 is 7.22. The van der Waals surface area contributed by atoms with Crippen LogP contribution in [-0.4, -0.2) is 9.97 Å². The van der Waals surface area contributed by atoms with E-state index < -0.39 is 11.7 Å². The minimum Gasteiger partial charge on any atom is -0.254 e. The molecule has 2 aromatic carbocycles. The minimum atomic E-state index is -4.38. The molecule has 2 nitrogen and oxygen atoms in total. The van der Waals surface area contributed by atoms with E-state index in [0.29, 0.717) is 15.6 Å². The third kappa shape index (κ3) is 3.18. The number of fused-ring (bicyclic) bond motifs is 1. The van der Waals surface area contributed by atoms with Crippen LogP contribution in [0.15, 0.2) is 60.9 Å². The molecule has 130 valence electrons. The van der Waals surface area contributed by atoms with Crippen LogP contribution in [0.3, 0.4) is 0 Å². The van der Waals surface area contributed by atoms with Gasteiger partial charge in [-0.15, -0.1) is 11.3 Å². The van der Waals surface area contributed by atoms with Crippen LogP contribution in [0, 0.1) is 0 Å². The van der Waals surface area contributed by atoms with Gasteiger partial charge in [0, 0.05) is 34.1 Å². The van der Waals surface area contributed by atoms with E-state index in [1.54, 1.807) is 30.6 Å². The average molecular weight is 391 g/mol. The highest BCUT2D eigenvalue weighted by atomic mass is 35.5. The Hall–Kier alpha value is -2.44. The minimum absolute atomic E-state index is 0.431. The molecule has 0 unspecified atom stereocenters. The molecule has 2 aliphatic heterocycles. The molecule has 26 heavy (non-hydrogen) atoms. The first kappa shape index (κ1) is 17.0. The summed E-state index contributed by atoms with van der Waals surface area (Å²) in [5.41, 5.74) is 2.28. The molecular formula is C19H10ClF3N2S. The van der Waals surface area contributed by atoms with Gasteiger partial charge in [-0.2, -0.15) is 13.2 Å². The van der Waals surface area contributed by atoms with Gasteiger partial charge in [-0.05, 0) is 24.3 Å². The van der Waals surface area contributed by atoms with Crippen LogP contribution < -0.4 is 0 Å². The van der Waals surface area contributed by atoms with E-state index in [9.17, 15) is 13.2 Å². The molecule has 0 radical (unpaired) electrons. The van der Waals surface area contributed by atoms with Gasteiger partial charge in [-0.3, -0.25) is 4.98 Å². The molecule has 4 rings (SSSR count). The lowest BCUT2D eigenvalue weighted by Crippen LogP contribution is -2.04. The van der Waals surface area contributed by atoms with Gasteiger partial charge >= 0.3 is 6.18 Å². The Morgan fingerprint density at radius 2 is 1.65 bits per heavy atom. The number of aromatic nitrogens is 2. The number of nitrogens with zero attached hydrogens (tertiary/aromatic N) is 2. The predicted molar refractivity (Wildman–Crippen MR) is 97.4 cm³/mol. The number of alkyl halides is 3. The van der Waals surface area contributed by atoms with Crippen molar-refractivity contribution in [1.29, 1.82) is 0 Å². The van der Waals surface area contributed by atoms with Crippen LogP contribution >= 0.6 is 22.9 Å². The average Bonchev–Trinajstić information content (AvgIpc) is 3.05. The van der Waals surface area contributed by atoms with Crippen molar-refractivity contribution >= 4 is 22.9 Å². The van der Waals surface area contributed by atoms with Crippen molar-refractivity contribution in [3.63, 3.8) is 0 Å². The first-order chi connectivity index (χ1) is 12.4. The highest BCUT2D eigenvalue weighted by Gasteiger charge is 2.30. The first-order valence-corrected chi connectivity index (χ1v) is 8.79. The molecule has 2 heterocycles. The number of hydrogen-bond donors (Lipinski definition) is 0. The Bertz CT molecular complexity index is 1040. The molecular weight excluding hydrogens is 381 g/mol. The molecule has 0 saturated carbocycles. The largest absolute Gasteiger partial charge is 0.416 e. The Morgan fingerprint density at radius 1 is 0.885 bits per heavy atom. The fourth-order valence-corrected chi connectivity index (χ4v) is 3.69. The van der Waals surface area contributed by atoms with Gasteiger partial charge in [0.25, 0.3) is 0 Å². The van der Waals surface area contributed by atoms with Crippen LogP contribution in [0.2, 0.25) is 5.02 Å². The normalized spacial score (nSPS) is 11.8. The smallest absolute Gasteiger partial charge is 0.254 e. The Morgan fingerprint density at radius 3 is 2.38 bits per heavy atom. The third-order valence-electron chi connectivity index (χ3n) is 3.90. The van der Waals surface area contributed by atoms with Crippen molar-refractivity contribution in [2.75, 3.05) is 0 Å². The summed E-state index contributed by atoms with van der Waals surface area (Å²) < 4.78 is 38.8. The molecule has 2 aromatic rings. The van der Waals surface area contributed by atoms with Crippen molar-refractivity contribution in [1.82, 2.24) is 9.97 Å². The summed E-state index contributed by atoms with van der Waals surface area (Å²) in [4.78, 5) is 9.65. The van der Waals surface area contributed by atoms with E-state index in [1.165, 1.54) is 17.4 Å². The van der Waals surface area contributed by atoms with E-state index >= 15 is 0 Å². The topological polar surface area (TPSA) is 25.8 Å². The lowest BCUT2D eigenvalue weighted by Gasteiger charge is -2.09. The van der Waals surface area contributed by atoms with Gasteiger partial charge in [0.05, 0.1) is 16.1 Å². The SMILES string of the molecule is FC(F)(F)c1cccc(-c2ncc3c(-c4ccc(Cl)cc4)ncc-3s2)c1.